The Bertz CT molecular complexity index is 444. The van der Waals surface area contributed by atoms with Gasteiger partial charge in [0.1, 0.15) is 0 Å². The van der Waals surface area contributed by atoms with Crippen LogP contribution in [0.25, 0.3) is 0 Å². The summed E-state index contributed by atoms with van der Waals surface area (Å²) in [6, 6.07) is 6.89. The summed E-state index contributed by atoms with van der Waals surface area (Å²) >= 11 is 0. The molecule has 1 aromatic rings. The topological polar surface area (TPSA) is 18.5 Å². The summed E-state index contributed by atoms with van der Waals surface area (Å²) in [6.07, 6.45) is 3.82. The number of hydrogen-bond donors (Lipinski definition) is 1. The van der Waals surface area contributed by atoms with Crippen LogP contribution in [-0.2, 0) is 6.42 Å². The van der Waals surface area contributed by atoms with Crippen molar-refractivity contribution in [2.75, 3.05) is 50.5 Å². The summed E-state index contributed by atoms with van der Waals surface area (Å²) < 4.78 is 0. The van der Waals surface area contributed by atoms with Crippen molar-refractivity contribution in [1.82, 2.24) is 4.90 Å². The molecule has 0 bridgehead atoms. The number of anilines is 2. The van der Waals surface area contributed by atoms with E-state index in [-0.39, 0.29) is 0 Å². The highest BCUT2D eigenvalue weighted by Crippen LogP contribution is 2.27. The molecule has 0 aliphatic carbocycles. The molecule has 1 aromatic carbocycles. The molecule has 1 atom stereocenters. The molecule has 1 fully saturated rings. The number of nitrogens with one attached hydrogen (secondary N) is 1. The molecule has 1 unspecified atom stereocenters. The van der Waals surface area contributed by atoms with E-state index in [1.54, 1.807) is 0 Å². The summed E-state index contributed by atoms with van der Waals surface area (Å²) in [7, 11) is 4.46. The molecule has 3 rings (SSSR count). The number of benzene rings is 1. The molecule has 1 N–H and O–H groups in total. The summed E-state index contributed by atoms with van der Waals surface area (Å²) in [5, 5.41) is 3.48. The smallest absolute Gasteiger partial charge is 0.0374 e. The summed E-state index contributed by atoms with van der Waals surface area (Å²) in [5.74, 6) is 0.823. The lowest BCUT2D eigenvalue weighted by molar-refractivity contribution is 0.396. The van der Waals surface area contributed by atoms with E-state index in [1.807, 2.05) is 0 Å². The van der Waals surface area contributed by atoms with Crippen LogP contribution in [0.4, 0.5) is 11.4 Å². The molecule has 2 aliphatic rings. The molecule has 0 spiro atoms. The van der Waals surface area contributed by atoms with Crippen LogP contribution in [-0.4, -0.2) is 45.2 Å². The molecule has 19 heavy (non-hydrogen) atoms. The third kappa shape index (κ3) is 2.86. The highest BCUT2D eigenvalue weighted by molar-refractivity contribution is 5.61. The van der Waals surface area contributed by atoms with Gasteiger partial charge in [-0.05, 0) is 62.5 Å². The fourth-order valence-corrected chi connectivity index (χ4v) is 3.37. The highest BCUT2D eigenvalue weighted by atomic mass is 15.2. The van der Waals surface area contributed by atoms with Gasteiger partial charge in [-0.2, -0.15) is 0 Å². The highest BCUT2D eigenvalue weighted by Gasteiger charge is 2.21. The maximum atomic E-state index is 3.48. The second-order valence-electron chi connectivity index (χ2n) is 6.17. The fraction of sp³-hybridized carbons (Fsp3) is 0.625. The van der Waals surface area contributed by atoms with Gasteiger partial charge in [0, 0.05) is 38.1 Å². The third-order valence-electron chi connectivity index (χ3n) is 4.49. The van der Waals surface area contributed by atoms with Crippen molar-refractivity contribution in [3.05, 3.63) is 23.8 Å². The SMILES string of the molecule is CN1CCC(CN(C)c2ccc3c(c2)CCCN3)C1. The minimum Gasteiger partial charge on any atom is -0.385 e. The first kappa shape index (κ1) is 12.8. The third-order valence-corrected chi connectivity index (χ3v) is 4.49. The number of aryl methyl sites for hydroxylation is 1. The van der Waals surface area contributed by atoms with Crippen molar-refractivity contribution in [2.24, 2.45) is 5.92 Å². The molecule has 2 heterocycles. The van der Waals surface area contributed by atoms with Crippen molar-refractivity contribution >= 4 is 11.4 Å². The van der Waals surface area contributed by atoms with E-state index < -0.39 is 0 Å². The Hall–Kier alpha value is -1.22. The van der Waals surface area contributed by atoms with Crippen molar-refractivity contribution < 1.29 is 0 Å². The van der Waals surface area contributed by atoms with E-state index in [4.69, 9.17) is 0 Å². The van der Waals surface area contributed by atoms with Gasteiger partial charge in [0.15, 0.2) is 0 Å². The van der Waals surface area contributed by atoms with Crippen LogP contribution >= 0.6 is 0 Å². The van der Waals surface area contributed by atoms with E-state index in [9.17, 15) is 0 Å². The number of rotatable bonds is 3. The maximum absolute atomic E-state index is 3.48. The number of likely N-dealkylation sites (tertiary alicyclic amines) is 1. The van der Waals surface area contributed by atoms with Crippen LogP contribution in [0.5, 0.6) is 0 Å². The zero-order chi connectivity index (χ0) is 13.2. The molecule has 3 nitrogen and oxygen atoms in total. The summed E-state index contributed by atoms with van der Waals surface area (Å²) in [4.78, 5) is 4.87. The van der Waals surface area contributed by atoms with Gasteiger partial charge in [0.25, 0.3) is 0 Å². The van der Waals surface area contributed by atoms with Gasteiger partial charge < -0.3 is 15.1 Å². The van der Waals surface area contributed by atoms with Crippen molar-refractivity contribution in [2.45, 2.75) is 19.3 Å². The Kier molecular flexibility index (Phi) is 3.65. The van der Waals surface area contributed by atoms with Gasteiger partial charge in [0.05, 0.1) is 0 Å². The molecular formula is C16H25N3. The molecule has 0 aromatic heterocycles. The van der Waals surface area contributed by atoms with Crippen molar-refractivity contribution in [3.63, 3.8) is 0 Å². The lowest BCUT2D eigenvalue weighted by Gasteiger charge is -2.26. The lowest BCUT2D eigenvalue weighted by atomic mass is 10.0. The molecular weight excluding hydrogens is 234 g/mol. The average molecular weight is 259 g/mol. The quantitative estimate of drug-likeness (QED) is 0.899. The zero-order valence-electron chi connectivity index (χ0n) is 12.2. The van der Waals surface area contributed by atoms with Gasteiger partial charge >= 0.3 is 0 Å². The second kappa shape index (κ2) is 5.41. The molecule has 2 aliphatic heterocycles. The second-order valence-corrected chi connectivity index (χ2v) is 6.17. The van der Waals surface area contributed by atoms with Gasteiger partial charge in [-0.15, -0.1) is 0 Å². The number of fused-ring (bicyclic) bond motifs is 1. The molecule has 0 radical (unpaired) electrons. The number of hydrogen-bond acceptors (Lipinski definition) is 3. The fourth-order valence-electron chi connectivity index (χ4n) is 3.37. The normalized spacial score (nSPS) is 22.9. The maximum Gasteiger partial charge on any atom is 0.0374 e. The molecule has 1 saturated heterocycles. The first-order valence-electron chi connectivity index (χ1n) is 7.49. The van der Waals surface area contributed by atoms with E-state index in [0.717, 1.165) is 12.5 Å². The van der Waals surface area contributed by atoms with Crippen molar-refractivity contribution in [1.29, 1.82) is 0 Å². The van der Waals surface area contributed by atoms with Crippen LogP contribution in [0.2, 0.25) is 0 Å². The molecule has 0 saturated carbocycles. The number of nitrogens with zero attached hydrogens (tertiary/aromatic N) is 2. The van der Waals surface area contributed by atoms with Crippen LogP contribution in [0, 0.1) is 5.92 Å². The monoisotopic (exact) mass is 259 g/mol. The Morgan fingerprint density at radius 3 is 3.11 bits per heavy atom. The first-order chi connectivity index (χ1) is 9.22. The van der Waals surface area contributed by atoms with Gasteiger partial charge in [-0.25, -0.2) is 0 Å². The predicted molar refractivity (Wildman–Crippen MR) is 82.1 cm³/mol. The van der Waals surface area contributed by atoms with Crippen LogP contribution in [0.1, 0.15) is 18.4 Å². The standard InChI is InChI=1S/C16H25N3/c1-18-9-7-13(11-18)12-19(2)15-5-6-16-14(10-15)4-3-8-17-16/h5-6,10,13,17H,3-4,7-9,11-12H2,1-2H3. The Morgan fingerprint density at radius 2 is 2.32 bits per heavy atom. The Balaban J connectivity index is 1.67. The summed E-state index contributed by atoms with van der Waals surface area (Å²) in [6.45, 7) is 4.80. The molecule has 3 heteroatoms. The van der Waals surface area contributed by atoms with Gasteiger partial charge in [-0.3, -0.25) is 0 Å². The molecule has 0 amide bonds. The minimum atomic E-state index is 0.823. The molecule has 104 valence electrons. The Morgan fingerprint density at radius 1 is 1.42 bits per heavy atom. The predicted octanol–water partition coefficient (Wildman–Crippen LogP) is 2.43. The van der Waals surface area contributed by atoms with Gasteiger partial charge in [-0.1, -0.05) is 0 Å². The summed E-state index contributed by atoms with van der Waals surface area (Å²) in [5.41, 5.74) is 4.19. The van der Waals surface area contributed by atoms with Crippen LogP contribution in [0.3, 0.4) is 0 Å². The van der Waals surface area contributed by atoms with Gasteiger partial charge in [0.2, 0.25) is 0 Å². The minimum absolute atomic E-state index is 0.823. The van der Waals surface area contributed by atoms with Crippen LogP contribution < -0.4 is 10.2 Å². The van der Waals surface area contributed by atoms with Crippen molar-refractivity contribution in [3.8, 4) is 0 Å². The first-order valence-corrected chi connectivity index (χ1v) is 7.49. The van der Waals surface area contributed by atoms with Crippen LogP contribution in [0.15, 0.2) is 18.2 Å². The Labute approximate surface area is 116 Å². The van der Waals surface area contributed by atoms with E-state index in [1.165, 1.54) is 55.8 Å². The van der Waals surface area contributed by atoms with E-state index in [2.05, 4.69) is 47.4 Å². The zero-order valence-corrected chi connectivity index (χ0v) is 12.2. The van der Waals surface area contributed by atoms with E-state index >= 15 is 0 Å². The van der Waals surface area contributed by atoms with E-state index in [0.29, 0.717) is 0 Å². The lowest BCUT2D eigenvalue weighted by Crippen LogP contribution is -2.27. The average Bonchev–Trinajstić information content (AvgIpc) is 2.83. The largest absolute Gasteiger partial charge is 0.385 e.